The summed E-state index contributed by atoms with van der Waals surface area (Å²) in [5.41, 5.74) is 0.735. The predicted octanol–water partition coefficient (Wildman–Crippen LogP) is 1.86. The number of nitrogens with zero attached hydrogens (tertiary/aromatic N) is 4. The number of tetrazole rings is 1. The molecule has 2 N–H and O–H groups in total. The van der Waals surface area contributed by atoms with Gasteiger partial charge in [-0.05, 0) is 41.8 Å². The number of rotatable bonds is 8. The summed E-state index contributed by atoms with van der Waals surface area (Å²) < 4.78 is 0. The molecule has 0 fully saturated rings. The normalized spacial score (nSPS) is 12.2. The molecule has 0 aliphatic heterocycles. The van der Waals surface area contributed by atoms with Crippen molar-refractivity contribution < 1.29 is 14.7 Å². The molecule has 9 heteroatoms. The average Bonchev–Trinajstić information content (AvgIpc) is 3.00. The Balaban J connectivity index is 1.90. The van der Waals surface area contributed by atoms with E-state index in [0.717, 1.165) is 10.4 Å². The number of carbonyl (C=O) groups excluding carboxylic acids is 1. The van der Waals surface area contributed by atoms with Crippen molar-refractivity contribution >= 4 is 23.5 Å². The third-order valence-corrected chi connectivity index (χ3v) is 3.74. The largest absolute Gasteiger partial charge is 0.481 e. The minimum Gasteiger partial charge on any atom is -0.481 e. The molecule has 1 aromatic carbocycles. The molecule has 0 radical (unpaired) electrons. The van der Waals surface area contributed by atoms with Crippen LogP contribution in [0.15, 0.2) is 24.3 Å². The van der Waals surface area contributed by atoms with Crippen LogP contribution in [0.2, 0.25) is 5.02 Å². The molecule has 25 heavy (non-hydrogen) atoms. The lowest BCUT2D eigenvalue weighted by Gasteiger charge is -2.15. The van der Waals surface area contributed by atoms with Crippen LogP contribution >= 0.6 is 11.6 Å². The Morgan fingerprint density at radius 2 is 1.96 bits per heavy atom. The van der Waals surface area contributed by atoms with Gasteiger partial charge >= 0.3 is 5.97 Å². The summed E-state index contributed by atoms with van der Waals surface area (Å²) in [4.78, 5) is 24.3. The van der Waals surface area contributed by atoms with E-state index in [9.17, 15) is 14.7 Å². The van der Waals surface area contributed by atoms with Crippen LogP contribution in [0.4, 0.5) is 0 Å². The van der Waals surface area contributed by atoms with Crippen LogP contribution in [0, 0.1) is 11.8 Å². The fourth-order valence-electron chi connectivity index (χ4n) is 2.29. The minimum atomic E-state index is -0.919. The van der Waals surface area contributed by atoms with E-state index in [-0.39, 0.29) is 24.9 Å². The zero-order chi connectivity index (χ0) is 18.4. The van der Waals surface area contributed by atoms with Crippen LogP contribution in [-0.4, -0.2) is 43.7 Å². The Bertz CT molecular complexity index is 730. The van der Waals surface area contributed by atoms with Crippen molar-refractivity contribution in [3.63, 3.8) is 0 Å². The fraction of sp³-hybridized carbons (Fsp3) is 0.438. The number of aromatic nitrogens is 4. The van der Waals surface area contributed by atoms with Crippen LogP contribution in [0.25, 0.3) is 11.4 Å². The van der Waals surface area contributed by atoms with E-state index >= 15 is 0 Å². The zero-order valence-corrected chi connectivity index (χ0v) is 14.8. The molecule has 0 bridgehead atoms. The van der Waals surface area contributed by atoms with E-state index in [1.807, 2.05) is 13.8 Å². The van der Waals surface area contributed by atoms with Gasteiger partial charge in [0.25, 0.3) is 0 Å². The molecule has 0 spiro atoms. The van der Waals surface area contributed by atoms with Crippen molar-refractivity contribution in [3.05, 3.63) is 29.3 Å². The molecule has 1 atom stereocenters. The third kappa shape index (κ3) is 5.82. The summed E-state index contributed by atoms with van der Waals surface area (Å²) in [7, 11) is 0. The standard InChI is InChI=1S/C16H20ClN5O3/c1-10(2)7-12(16(24)25)8-18-14(23)9-22-20-15(19-21-22)11-3-5-13(17)6-4-11/h3-6,10,12H,7-9H2,1-2H3,(H,18,23)(H,24,25). The molecular weight excluding hydrogens is 346 g/mol. The Kier molecular flexibility index (Phi) is 6.46. The summed E-state index contributed by atoms with van der Waals surface area (Å²) in [6.45, 7) is 3.82. The van der Waals surface area contributed by atoms with Crippen molar-refractivity contribution in [2.45, 2.75) is 26.8 Å². The number of benzene rings is 1. The molecule has 1 heterocycles. The van der Waals surface area contributed by atoms with Crippen LogP contribution < -0.4 is 5.32 Å². The molecule has 1 unspecified atom stereocenters. The van der Waals surface area contributed by atoms with Gasteiger partial charge < -0.3 is 10.4 Å². The Labute approximate surface area is 150 Å². The van der Waals surface area contributed by atoms with Crippen molar-refractivity contribution in [1.82, 2.24) is 25.5 Å². The molecular formula is C16H20ClN5O3. The van der Waals surface area contributed by atoms with E-state index in [2.05, 4.69) is 20.7 Å². The maximum absolute atomic E-state index is 12.0. The lowest BCUT2D eigenvalue weighted by atomic mass is 9.97. The molecule has 134 valence electrons. The number of aliphatic carboxylic acids is 1. The summed E-state index contributed by atoms with van der Waals surface area (Å²) >= 11 is 5.83. The second-order valence-electron chi connectivity index (χ2n) is 6.12. The molecule has 2 aromatic rings. The van der Waals surface area contributed by atoms with E-state index in [0.29, 0.717) is 17.3 Å². The summed E-state index contributed by atoms with van der Waals surface area (Å²) in [6.07, 6.45) is 0.498. The molecule has 1 amide bonds. The van der Waals surface area contributed by atoms with Crippen LogP contribution in [0.5, 0.6) is 0 Å². The van der Waals surface area contributed by atoms with E-state index < -0.39 is 11.9 Å². The quantitative estimate of drug-likeness (QED) is 0.738. The summed E-state index contributed by atoms with van der Waals surface area (Å²) in [5.74, 6) is -1.28. The van der Waals surface area contributed by atoms with Crippen molar-refractivity contribution in [1.29, 1.82) is 0 Å². The maximum atomic E-state index is 12.0. The number of nitrogens with one attached hydrogen (secondary N) is 1. The highest BCUT2D eigenvalue weighted by Gasteiger charge is 2.20. The van der Waals surface area contributed by atoms with Crippen LogP contribution in [0.3, 0.4) is 0 Å². The van der Waals surface area contributed by atoms with Gasteiger partial charge in [-0.15, -0.1) is 10.2 Å². The van der Waals surface area contributed by atoms with Gasteiger partial charge in [-0.25, -0.2) is 0 Å². The minimum absolute atomic E-state index is 0.0745. The summed E-state index contributed by atoms with van der Waals surface area (Å²) in [5, 5.41) is 24.2. The molecule has 2 rings (SSSR count). The van der Waals surface area contributed by atoms with Crippen molar-refractivity contribution in [3.8, 4) is 11.4 Å². The smallest absolute Gasteiger partial charge is 0.308 e. The highest BCUT2D eigenvalue weighted by Crippen LogP contribution is 2.17. The topological polar surface area (TPSA) is 110 Å². The molecule has 8 nitrogen and oxygen atoms in total. The number of carbonyl (C=O) groups is 2. The molecule has 1 aromatic heterocycles. The molecule has 0 saturated carbocycles. The fourth-order valence-corrected chi connectivity index (χ4v) is 2.41. The number of hydrogen-bond acceptors (Lipinski definition) is 5. The SMILES string of the molecule is CC(C)CC(CNC(=O)Cn1nnc(-c2ccc(Cl)cc2)n1)C(=O)O. The Morgan fingerprint density at radius 3 is 2.56 bits per heavy atom. The van der Waals surface area contributed by atoms with Gasteiger partial charge in [-0.2, -0.15) is 4.80 Å². The highest BCUT2D eigenvalue weighted by molar-refractivity contribution is 6.30. The molecule has 0 aliphatic carbocycles. The van der Waals surface area contributed by atoms with E-state index in [4.69, 9.17) is 11.6 Å². The number of hydrogen-bond donors (Lipinski definition) is 2. The predicted molar refractivity (Wildman–Crippen MR) is 91.9 cm³/mol. The first-order valence-corrected chi connectivity index (χ1v) is 8.26. The van der Waals surface area contributed by atoms with Crippen LogP contribution in [-0.2, 0) is 16.1 Å². The van der Waals surface area contributed by atoms with Gasteiger partial charge in [0.15, 0.2) is 0 Å². The number of carboxylic acid groups (broad SMARTS) is 1. The monoisotopic (exact) mass is 365 g/mol. The highest BCUT2D eigenvalue weighted by atomic mass is 35.5. The van der Waals surface area contributed by atoms with E-state index in [1.54, 1.807) is 24.3 Å². The lowest BCUT2D eigenvalue weighted by Crippen LogP contribution is -2.35. The number of halogens is 1. The second-order valence-corrected chi connectivity index (χ2v) is 6.56. The maximum Gasteiger partial charge on any atom is 0.308 e. The second kappa shape index (κ2) is 8.57. The van der Waals surface area contributed by atoms with Gasteiger partial charge in [0.2, 0.25) is 11.7 Å². The van der Waals surface area contributed by atoms with Gasteiger partial charge in [0.1, 0.15) is 6.54 Å². The Hall–Kier alpha value is -2.48. The first-order chi connectivity index (χ1) is 11.8. The number of amides is 1. The van der Waals surface area contributed by atoms with Gasteiger partial charge in [0, 0.05) is 17.1 Å². The van der Waals surface area contributed by atoms with Crippen LogP contribution in [0.1, 0.15) is 20.3 Å². The van der Waals surface area contributed by atoms with E-state index in [1.165, 1.54) is 0 Å². The third-order valence-electron chi connectivity index (χ3n) is 3.49. The molecule has 0 saturated heterocycles. The number of carboxylic acids is 1. The van der Waals surface area contributed by atoms with Gasteiger partial charge in [-0.3, -0.25) is 9.59 Å². The average molecular weight is 366 g/mol. The lowest BCUT2D eigenvalue weighted by molar-refractivity contribution is -0.142. The van der Waals surface area contributed by atoms with Gasteiger partial charge in [0.05, 0.1) is 5.92 Å². The van der Waals surface area contributed by atoms with Crippen molar-refractivity contribution in [2.24, 2.45) is 11.8 Å². The Morgan fingerprint density at radius 1 is 1.28 bits per heavy atom. The molecule has 0 aliphatic rings. The van der Waals surface area contributed by atoms with Crippen molar-refractivity contribution in [2.75, 3.05) is 6.54 Å². The first-order valence-electron chi connectivity index (χ1n) is 7.88. The summed E-state index contributed by atoms with van der Waals surface area (Å²) in [6, 6.07) is 6.94. The first kappa shape index (κ1) is 18.9. The zero-order valence-electron chi connectivity index (χ0n) is 14.0. The van der Waals surface area contributed by atoms with Gasteiger partial charge in [-0.1, -0.05) is 25.4 Å².